The summed E-state index contributed by atoms with van der Waals surface area (Å²) < 4.78 is 5.51. The predicted molar refractivity (Wildman–Crippen MR) is 113 cm³/mol. The maximum Gasteiger partial charge on any atom is 0.407 e. The molecule has 162 valence electrons. The normalized spacial score (nSPS) is 29.6. The SMILES string of the molecule is O=C(/C=C/c1ccc(CNC(=O)OCCC23CCCC4CC(CC4C2)C3)cc1)NO. The fourth-order valence-corrected chi connectivity index (χ4v) is 6.17. The summed E-state index contributed by atoms with van der Waals surface area (Å²) in [5, 5.41) is 11.3. The van der Waals surface area contributed by atoms with Crippen LogP contribution in [0.4, 0.5) is 4.79 Å². The second-order valence-corrected chi connectivity index (χ2v) is 9.45. The van der Waals surface area contributed by atoms with Crippen LogP contribution in [0.2, 0.25) is 0 Å². The summed E-state index contributed by atoms with van der Waals surface area (Å²) in [4.78, 5) is 23.1. The summed E-state index contributed by atoms with van der Waals surface area (Å²) in [5.41, 5.74) is 3.74. The molecule has 3 aliphatic carbocycles. The van der Waals surface area contributed by atoms with Crippen molar-refractivity contribution >= 4 is 18.1 Å². The van der Waals surface area contributed by atoms with Crippen LogP contribution in [0.5, 0.6) is 0 Å². The van der Waals surface area contributed by atoms with Gasteiger partial charge in [-0.05, 0) is 78.9 Å². The zero-order valence-corrected chi connectivity index (χ0v) is 17.4. The first-order valence-corrected chi connectivity index (χ1v) is 11.2. The minimum Gasteiger partial charge on any atom is -0.450 e. The number of hydrogen-bond donors (Lipinski definition) is 3. The van der Waals surface area contributed by atoms with Crippen molar-refractivity contribution in [2.75, 3.05) is 6.61 Å². The molecule has 3 saturated carbocycles. The number of benzene rings is 1. The van der Waals surface area contributed by atoms with Gasteiger partial charge in [-0.2, -0.15) is 0 Å². The van der Waals surface area contributed by atoms with E-state index in [0.29, 0.717) is 18.6 Å². The Morgan fingerprint density at radius 3 is 2.77 bits per heavy atom. The van der Waals surface area contributed by atoms with Gasteiger partial charge in [0, 0.05) is 12.6 Å². The summed E-state index contributed by atoms with van der Waals surface area (Å²) in [6.45, 7) is 0.906. The van der Waals surface area contributed by atoms with Crippen molar-refractivity contribution in [1.82, 2.24) is 10.8 Å². The van der Waals surface area contributed by atoms with Crippen LogP contribution in [0.3, 0.4) is 0 Å². The molecule has 0 radical (unpaired) electrons. The van der Waals surface area contributed by atoms with Gasteiger partial charge in [-0.15, -0.1) is 0 Å². The molecule has 0 saturated heterocycles. The zero-order valence-electron chi connectivity index (χ0n) is 17.4. The van der Waals surface area contributed by atoms with Crippen molar-refractivity contribution in [3.05, 3.63) is 41.5 Å². The number of fused-ring (bicyclic) bond motifs is 2. The summed E-state index contributed by atoms with van der Waals surface area (Å²) in [6, 6.07) is 7.46. The minimum absolute atomic E-state index is 0.361. The van der Waals surface area contributed by atoms with Crippen molar-refractivity contribution in [1.29, 1.82) is 0 Å². The fourth-order valence-electron chi connectivity index (χ4n) is 6.17. The molecule has 0 aliphatic heterocycles. The predicted octanol–water partition coefficient (Wildman–Crippen LogP) is 4.43. The van der Waals surface area contributed by atoms with E-state index in [1.54, 1.807) is 11.6 Å². The molecule has 0 heterocycles. The lowest BCUT2D eigenvalue weighted by atomic mass is 9.66. The van der Waals surface area contributed by atoms with Crippen molar-refractivity contribution < 1.29 is 19.5 Å². The molecule has 3 N–H and O–H groups in total. The average molecular weight is 413 g/mol. The van der Waals surface area contributed by atoms with Gasteiger partial charge in [0.2, 0.25) is 0 Å². The van der Waals surface area contributed by atoms with Gasteiger partial charge in [0.1, 0.15) is 0 Å². The molecule has 1 aromatic carbocycles. The average Bonchev–Trinajstić information content (AvgIpc) is 2.97. The van der Waals surface area contributed by atoms with E-state index in [9.17, 15) is 9.59 Å². The van der Waals surface area contributed by atoms with Crippen LogP contribution in [0.25, 0.3) is 6.08 Å². The van der Waals surface area contributed by atoms with Gasteiger partial charge in [-0.1, -0.05) is 37.1 Å². The van der Waals surface area contributed by atoms with Crippen LogP contribution in [0.15, 0.2) is 30.3 Å². The molecule has 0 spiro atoms. The van der Waals surface area contributed by atoms with E-state index in [1.165, 1.54) is 51.0 Å². The Kier molecular flexibility index (Phi) is 6.42. The molecule has 4 rings (SSSR count). The highest BCUT2D eigenvalue weighted by atomic mass is 16.5. The van der Waals surface area contributed by atoms with Crippen molar-refractivity contribution in [3.8, 4) is 0 Å². The smallest absolute Gasteiger partial charge is 0.407 e. The van der Waals surface area contributed by atoms with Gasteiger partial charge < -0.3 is 10.1 Å². The molecular weight excluding hydrogens is 380 g/mol. The van der Waals surface area contributed by atoms with Gasteiger partial charge in [0.05, 0.1) is 6.61 Å². The fraction of sp³-hybridized carbons (Fsp3) is 0.583. The number of amides is 2. The molecule has 2 amide bonds. The third kappa shape index (κ3) is 5.04. The zero-order chi connectivity index (χ0) is 21.0. The molecule has 3 aliphatic rings. The van der Waals surface area contributed by atoms with E-state index < -0.39 is 5.91 Å². The third-order valence-corrected chi connectivity index (χ3v) is 7.46. The molecule has 6 nitrogen and oxygen atoms in total. The molecule has 4 atom stereocenters. The standard InChI is InChI=1S/C24H32N2O4/c27-22(26-29)8-7-17-3-5-18(6-4-17)16-25-23(28)30-11-10-24-9-1-2-20-12-19(14-24)13-21(20)15-24/h3-8,19-21,29H,1-2,9-16H2,(H,25,28)(H,26,27)/b8-7+. The van der Waals surface area contributed by atoms with E-state index in [0.717, 1.165) is 35.3 Å². The highest BCUT2D eigenvalue weighted by Crippen LogP contribution is 2.59. The highest BCUT2D eigenvalue weighted by Gasteiger charge is 2.49. The van der Waals surface area contributed by atoms with Gasteiger partial charge >= 0.3 is 6.09 Å². The second kappa shape index (κ2) is 9.21. The van der Waals surface area contributed by atoms with E-state index in [-0.39, 0.29) is 6.09 Å². The number of hydrogen-bond acceptors (Lipinski definition) is 4. The Morgan fingerprint density at radius 1 is 1.17 bits per heavy atom. The number of alkyl carbamates (subject to hydrolysis) is 1. The topological polar surface area (TPSA) is 87.7 Å². The van der Waals surface area contributed by atoms with E-state index in [4.69, 9.17) is 9.94 Å². The van der Waals surface area contributed by atoms with Crippen LogP contribution in [0.1, 0.15) is 62.5 Å². The van der Waals surface area contributed by atoms with Gasteiger partial charge in [-0.3, -0.25) is 10.0 Å². The molecule has 4 unspecified atom stereocenters. The van der Waals surface area contributed by atoms with Gasteiger partial charge in [-0.25, -0.2) is 10.3 Å². The van der Waals surface area contributed by atoms with Crippen LogP contribution in [0, 0.1) is 23.2 Å². The lowest BCUT2D eigenvalue weighted by Crippen LogP contribution is -2.32. The maximum atomic E-state index is 12.1. The molecule has 3 bridgehead atoms. The lowest BCUT2D eigenvalue weighted by molar-refractivity contribution is -0.124. The van der Waals surface area contributed by atoms with Crippen LogP contribution in [-0.4, -0.2) is 23.8 Å². The first-order chi connectivity index (χ1) is 14.5. The lowest BCUT2D eigenvalue weighted by Gasteiger charge is -2.40. The first kappa shape index (κ1) is 20.9. The van der Waals surface area contributed by atoms with Crippen LogP contribution < -0.4 is 10.8 Å². The van der Waals surface area contributed by atoms with E-state index in [2.05, 4.69) is 5.32 Å². The van der Waals surface area contributed by atoms with E-state index in [1.807, 2.05) is 24.3 Å². The summed E-state index contributed by atoms with van der Waals surface area (Å²) in [6.07, 6.45) is 13.1. The third-order valence-electron chi connectivity index (χ3n) is 7.46. The molecule has 3 fully saturated rings. The van der Waals surface area contributed by atoms with Crippen molar-refractivity contribution in [2.24, 2.45) is 23.2 Å². The van der Waals surface area contributed by atoms with E-state index >= 15 is 0 Å². The molecular formula is C24H32N2O4. The summed E-state index contributed by atoms with van der Waals surface area (Å²) in [7, 11) is 0. The highest BCUT2D eigenvalue weighted by molar-refractivity contribution is 5.90. The van der Waals surface area contributed by atoms with Crippen LogP contribution in [-0.2, 0) is 16.1 Å². The number of carbonyl (C=O) groups is 2. The summed E-state index contributed by atoms with van der Waals surface area (Å²) in [5.74, 6) is 2.24. The van der Waals surface area contributed by atoms with Gasteiger partial charge in [0.15, 0.2) is 0 Å². The number of hydroxylamine groups is 1. The number of nitrogens with one attached hydrogen (secondary N) is 2. The molecule has 30 heavy (non-hydrogen) atoms. The Balaban J connectivity index is 1.19. The minimum atomic E-state index is -0.576. The molecule has 6 heteroatoms. The van der Waals surface area contributed by atoms with Crippen molar-refractivity contribution in [3.63, 3.8) is 0 Å². The van der Waals surface area contributed by atoms with Gasteiger partial charge in [0.25, 0.3) is 5.91 Å². The van der Waals surface area contributed by atoms with Crippen molar-refractivity contribution in [2.45, 2.75) is 57.9 Å². The number of rotatable bonds is 7. The summed E-state index contributed by atoms with van der Waals surface area (Å²) >= 11 is 0. The first-order valence-electron chi connectivity index (χ1n) is 11.2. The molecule has 1 aromatic rings. The number of ether oxygens (including phenoxy) is 1. The van der Waals surface area contributed by atoms with Crippen LogP contribution >= 0.6 is 0 Å². The monoisotopic (exact) mass is 412 g/mol. The largest absolute Gasteiger partial charge is 0.450 e. The maximum absolute atomic E-state index is 12.1. The molecule has 0 aromatic heterocycles. The Morgan fingerprint density at radius 2 is 1.97 bits per heavy atom. The Labute approximate surface area is 178 Å². The second-order valence-electron chi connectivity index (χ2n) is 9.45. The Hall–Kier alpha value is -2.34. The number of carbonyl (C=O) groups excluding carboxylic acids is 2. The quantitative estimate of drug-likeness (QED) is 0.351. The Bertz CT molecular complexity index is 791.